The van der Waals surface area contributed by atoms with E-state index in [-0.39, 0.29) is 0 Å². The maximum Gasteiger partial charge on any atom is 0.150 e. The van der Waals surface area contributed by atoms with Crippen LogP contribution in [0.5, 0.6) is 11.5 Å². The first kappa shape index (κ1) is 15.8. The third kappa shape index (κ3) is 3.63. The van der Waals surface area contributed by atoms with Crippen molar-refractivity contribution in [2.45, 2.75) is 6.61 Å². The van der Waals surface area contributed by atoms with Gasteiger partial charge in [-0.3, -0.25) is 4.79 Å². The van der Waals surface area contributed by atoms with E-state index in [0.29, 0.717) is 12.2 Å². The van der Waals surface area contributed by atoms with Crippen LogP contribution in [0.2, 0.25) is 0 Å². The van der Waals surface area contributed by atoms with Gasteiger partial charge < -0.3 is 9.47 Å². The van der Waals surface area contributed by atoms with Crippen LogP contribution in [0.25, 0.3) is 11.1 Å². The summed E-state index contributed by atoms with van der Waals surface area (Å²) in [6.07, 6.45) is 0.834. The molecule has 24 heavy (non-hydrogen) atoms. The van der Waals surface area contributed by atoms with Crippen LogP contribution in [0.4, 0.5) is 0 Å². The predicted octanol–water partition coefficient (Wildman–Crippen LogP) is 4.75. The van der Waals surface area contributed by atoms with Gasteiger partial charge in [-0.05, 0) is 41.5 Å². The summed E-state index contributed by atoms with van der Waals surface area (Å²) in [4.78, 5) is 11.0. The van der Waals surface area contributed by atoms with Crippen molar-refractivity contribution in [3.63, 3.8) is 0 Å². The molecule has 3 aromatic carbocycles. The van der Waals surface area contributed by atoms with Gasteiger partial charge in [0.15, 0.2) is 0 Å². The van der Waals surface area contributed by atoms with Crippen molar-refractivity contribution in [2.75, 3.05) is 7.11 Å². The summed E-state index contributed by atoms with van der Waals surface area (Å²) >= 11 is 0. The summed E-state index contributed by atoms with van der Waals surface area (Å²) in [5.41, 5.74) is 3.61. The van der Waals surface area contributed by atoms with E-state index in [1.165, 1.54) is 0 Å². The van der Waals surface area contributed by atoms with E-state index < -0.39 is 0 Å². The number of carbonyl (C=O) groups excluding carboxylic acids is 1. The average Bonchev–Trinajstić information content (AvgIpc) is 2.67. The van der Waals surface area contributed by atoms with Crippen molar-refractivity contribution in [1.82, 2.24) is 0 Å². The molecule has 0 aliphatic rings. The first-order valence-corrected chi connectivity index (χ1v) is 7.70. The van der Waals surface area contributed by atoms with Gasteiger partial charge in [-0.2, -0.15) is 0 Å². The molecule has 0 saturated carbocycles. The van der Waals surface area contributed by atoms with E-state index >= 15 is 0 Å². The lowest BCUT2D eigenvalue weighted by atomic mass is 10.0. The second-order valence-corrected chi connectivity index (χ2v) is 5.38. The summed E-state index contributed by atoms with van der Waals surface area (Å²) in [6.45, 7) is 0.532. The molecule has 0 spiro atoms. The molecule has 3 rings (SSSR count). The van der Waals surface area contributed by atoms with E-state index in [0.717, 1.165) is 34.5 Å². The van der Waals surface area contributed by atoms with Gasteiger partial charge in [0.2, 0.25) is 0 Å². The van der Waals surface area contributed by atoms with Gasteiger partial charge >= 0.3 is 0 Å². The first-order chi connectivity index (χ1) is 11.8. The van der Waals surface area contributed by atoms with Gasteiger partial charge in [-0.1, -0.05) is 42.5 Å². The molecule has 0 unspecified atom stereocenters. The van der Waals surface area contributed by atoms with Gasteiger partial charge in [0.05, 0.1) is 7.11 Å². The molecule has 0 fully saturated rings. The van der Waals surface area contributed by atoms with Crippen molar-refractivity contribution in [1.29, 1.82) is 0 Å². The molecule has 0 N–H and O–H groups in total. The fourth-order valence-electron chi connectivity index (χ4n) is 2.50. The molecule has 3 heteroatoms. The molecule has 0 aromatic heterocycles. The quantitative estimate of drug-likeness (QED) is 0.615. The van der Waals surface area contributed by atoms with E-state index in [2.05, 4.69) is 0 Å². The van der Waals surface area contributed by atoms with Gasteiger partial charge in [0, 0.05) is 11.1 Å². The molecule has 3 aromatic rings. The van der Waals surface area contributed by atoms with Crippen LogP contribution in [0.15, 0.2) is 72.8 Å². The second-order valence-electron chi connectivity index (χ2n) is 5.38. The molecule has 0 aliphatic carbocycles. The number of benzene rings is 3. The van der Waals surface area contributed by atoms with E-state index in [4.69, 9.17) is 9.47 Å². The molecule has 3 nitrogen and oxygen atoms in total. The molecule has 120 valence electrons. The smallest absolute Gasteiger partial charge is 0.150 e. The Morgan fingerprint density at radius 2 is 1.67 bits per heavy atom. The Morgan fingerprint density at radius 1 is 0.917 bits per heavy atom. The summed E-state index contributed by atoms with van der Waals surface area (Å²) < 4.78 is 11.2. The standard InChI is InChI=1S/C21H18O3/c1-23-21-12-7-17(14-22)13-20(21)18-8-10-19(11-9-18)24-15-16-5-3-2-4-6-16/h2-14H,15H2,1H3. The number of hydrogen-bond donors (Lipinski definition) is 0. The lowest BCUT2D eigenvalue weighted by Crippen LogP contribution is -1.95. The van der Waals surface area contributed by atoms with Crippen molar-refractivity contribution >= 4 is 6.29 Å². The SMILES string of the molecule is COc1ccc(C=O)cc1-c1ccc(OCc2ccccc2)cc1. The summed E-state index contributed by atoms with van der Waals surface area (Å²) in [6, 6.07) is 23.2. The van der Waals surface area contributed by atoms with Gasteiger partial charge in [-0.15, -0.1) is 0 Å². The highest BCUT2D eigenvalue weighted by Gasteiger charge is 2.07. The fourth-order valence-corrected chi connectivity index (χ4v) is 2.50. The highest BCUT2D eigenvalue weighted by Crippen LogP contribution is 2.31. The first-order valence-electron chi connectivity index (χ1n) is 7.70. The minimum Gasteiger partial charge on any atom is -0.496 e. The highest BCUT2D eigenvalue weighted by atomic mass is 16.5. The minimum absolute atomic E-state index is 0.532. The van der Waals surface area contributed by atoms with E-state index in [1.54, 1.807) is 19.2 Å². The third-order valence-corrected chi connectivity index (χ3v) is 3.77. The number of aldehydes is 1. The number of ether oxygens (including phenoxy) is 2. The maximum atomic E-state index is 11.0. The Bertz CT molecular complexity index is 808. The van der Waals surface area contributed by atoms with E-state index in [9.17, 15) is 4.79 Å². The number of carbonyl (C=O) groups is 1. The second kappa shape index (κ2) is 7.47. The molecule has 0 saturated heterocycles. The molecule has 0 bridgehead atoms. The monoisotopic (exact) mass is 318 g/mol. The van der Waals surface area contributed by atoms with Crippen molar-refractivity contribution in [3.8, 4) is 22.6 Å². The Morgan fingerprint density at radius 3 is 2.33 bits per heavy atom. The Hall–Kier alpha value is -3.07. The topological polar surface area (TPSA) is 35.5 Å². The summed E-state index contributed by atoms with van der Waals surface area (Å²) in [5, 5.41) is 0. The number of methoxy groups -OCH3 is 1. The molecule has 0 radical (unpaired) electrons. The predicted molar refractivity (Wildman–Crippen MR) is 94.6 cm³/mol. The lowest BCUT2D eigenvalue weighted by Gasteiger charge is -2.11. The average molecular weight is 318 g/mol. The zero-order valence-corrected chi connectivity index (χ0v) is 13.4. The minimum atomic E-state index is 0.532. The van der Waals surface area contributed by atoms with Gasteiger partial charge in [0.25, 0.3) is 0 Å². The Balaban J connectivity index is 1.78. The normalized spacial score (nSPS) is 10.2. The molecule has 0 heterocycles. The molecular weight excluding hydrogens is 300 g/mol. The largest absolute Gasteiger partial charge is 0.496 e. The highest BCUT2D eigenvalue weighted by molar-refractivity contribution is 5.81. The molecule has 0 amide bonds. The van der Waals surface area contributed by atoms with Crippen LogP contribution in [0.1, 0.15) is 15.9 Å². The van der Waals surface area contributed by atoms with Crippen LogP contribution in [0.3, 0.4) is 0 Å². The maximum absolute atomic E-state index is 11.0. The molecule has 0 atom stereocenters. The third-order valence-electron chi connectivity index (χ3n) is 3.77. The van der Waals surface area contributed by atoms with Crippen LogP contribution >= 0.6 is 0 Å². The lowest BCUT2D eigenvalue weighted by molar-refractivity contribution is 0.112. The van der Waals surface area contributed by atoms with Crippen LogP contribution in [-0.4, -0.2) is 13.4 Å². The zero-order valence-electron chi connectivity index (χ0n) is 13.4. The van der Waals surface area contributed by atoms with Crippen LogP contribution in [0, 0.1) is 0 Å². The molecule has 0 aliphatic heterocycles. The fraction of sp³-hybridized carbons (Fsp3) is 0.0952. The zero-order chi connectivity index (χ0) is 16.8. The Kier molecular flexibility index (Phi) is 4.92. The molecular formula is C21H18O3. The van der Waals surface area contributed by atoms with Gasteiger partial charge in [-0.25, -0.2) is 0 Å². The summed E-state index contributed by atoms with van der Waals surface area (Å²) in [7, 11) is 1.62. The van der Waals surface area contributed by atoms with Crippen molar-refractivity contribution < 1.29 is 14.3 Å². The number of hydrogen-bond acceptors (Lipinski definition) is 3. The Labute approximate surface area is 141 Å². The van der Waals surface area contributed by atoms with Crippen molar-refractivity contribution in [2.24, 2.45) is 0 Å². The van der Waals surface area contributed by atoms with E-state index in [1.807, 2.05) is 60.7 Å². The van der Waals surface area contributed by atoms with Gasteiger partial charge in [0.1, 0.15) is 24.4 Å². The summed E-state index contributed by atoms with van der Waals surface area (Å²) in [5.74, 6) is 1.53. The van der Waals surface area contributed by atoms with Crippen LogP contribution in [-0.2, 0) is 6.61 Å². The van der Waals surface area contributed by atoms with Crippen molar-refractivity contribution in [3.05, 3.63) is 83.9 Å². The number of rotatable bonds is 6. The van der Waals surface area contributed by atoms with Crippen LogP contribution < -0.4 is 9.47 Å².